The van der Waals surface area contributed by atoms with Crippen LogP contribution in [0.3, 0.4) is 0 Å². The second-order valence-corrected chi connectivity index (χ2v) is 7.32. The molecule has 0 bridgehead atoms. The van der Waals surface area contributed by atoms with Crippen molar-refractivity contribution in [1.29, 1.82) is 0 Å². The molecule has 2 rings (SSSR count). The summed E-state index contributed by atoms with van der Waals surface area (Å²) in [5, 5.41) is 10.7. The second kappa shape index (κ2) is 4.92. The maximum absolute atomic E-state index is 10.7. The van der Waals surface area contributed by atoms with Gasteiger partial charge in [0, 0.05) is 19.0 Å². The highest BCUT2D eigenvalue weighted by atomic mass is 16.3. The van der Waals surface area contributed by atoms with Gasteiger partial charge in [-0.3, -0.25) is 0 Å². The summed E-state index contributed by atoms with van der Waals surface area (Å²) in [6.45, 7) is 9.63. The minimum atomic E-state index is -0.558. The first kappa shape index (κ1) is 14.5. The van der Waals surface area contributed by atoms with Crippen molar-refractivity contribution in [2.45, 2.75) is 57.6 Å². The molecule has 1 aromatic rings. The highest BCUT2D eigenvalue weighted by Gasteiger charge is 2.38. The van der Waals surface area contributed by atoms with Crippen LogP contribution in [0.1, 0.15) is 45.2 Å². The molecule has 2 heteroatoms. The van der Waals surface area contributed by atoms with Crippen molar-refractivity contribution in [1.82, 2.24) is 4.90 Å². The number of rotatable bonds is 2. The van der Waals surface area contributed by atoms with Crippen LogP contribution in [-0.2, 0) is 11.8 Å². The number of likely N-dealkylation sites (N-methyl/N-ethyl adjacent to an activating group) is 1. The molecule has 1 heterocycles. The van der Waals surface area contributed by atoms with E-state index >= 15 is 0 Å². The largest absolute Gasteiger partial charge is 0.388 e. The third kappa shape index (κ3) is 3.37. The Balaban J connectivity index is 2.08. The number of aliphatic hydroxyl groups is 1. The van der Waals surface area contributed by atoms with Gasteiger partial charge in [-0.25, -0.2) is 0 Å². The van der Waals surface area contributed by atoms with Gasteiger partial charge in [0.15, 0.2) is 0 Å². The zero-order valence-electron chi connectivity index (χ0n) is 12.9. The van der Waals surface area contributed by atoms with Crippen LogP contribution < -0.4 is 0 Å². The van der Waals surface area contributed by atoms with Crippen molar-refractivity contribution >= 4 is 0 Å². The summed E-state index contributed by atoms with van der Waals surface area (Å²) in [6.07, 6.45) is 1.62. The maximum Gasteiger partial charge on any atom is 0.0828 e. The molecule has 0 amide bonds. The van der Waals surface area contributed by atoms with E-state index < -0.39 is 5.60 Å². The van der Waals surface area contributed by atoms with Crippen LogP contribution in [-0.4, -0.2) is 35.2 Å². The molecule has 1 fully saturated rings. The molecule has 0 saturated carbocycles. The quantitative estimate of drug-likeness (QED) is 0.884. The van der Waals surface area contributed by atoms with Crippen LogP contribution in [0.15, 0.2) is 24.3 Å². The lowest BCUT2D eigenvalue weighted by Crippen LogP contribution is -2.34. The van der Waals surface area contributed by atoms with Gasteiger partial charge in [-0.1, -0.05) is 45.0 Å². The number of hydrogen-bond donors (Lipinski definition) is 1. The van der Waals surface area contributed by atoms with Gasteiger partial charge in [0.2, 0.25) is 0 Å². The Morgan fingerprint density at radius 2 is 1.84 bits per heavy atom. The highest BCUT2D eigenvalue weighted by molar-refractivity contribution is 5.28. The monoisotopic (exact) mass is 261 g/mol. The topological polar surface area (TPSA) is 23.5 Å². The summed E-state index contributed by atoms with van der Waals surface area (Å²) in [5.41, 5.74) is 2.22. The molecule has 1 aromatic carbocycles. The Morgan fingerprint density at radius 1 is 1.26 bits per heavy atom. The molecule has 2 nitrogen and oxygen atoms in total. The Hall–Kier alpha value is -0.860. The van der Waals surface area contributed by atoms with E-state index in [0.29, 0.717) is 6.04 Å². The summed E-state index contributed by atoms with van der Waals surface area (Å²) in [7, 11) is 2.09. The third-order valence-corrected chi connectivity index (χ3v) is 4.32. The first-order chi connectivity index (χ1) is 8.70. The summed E-state index contributed by atoms with van der Waals surface area (Å²) < 4.78 is 0. The molecule has 2 atom stereocenters. The van der Waals surface area contributed by atoms with Gasteiger partial charge in [0.1, 0.15) is 0 Å². The molecule has 0 radical (unpaired) electrons. The molecule has 1 saturated heterocycles. The fourth-order valence-electron chi connectivity index (χ4n) is 3.02. The third-order valence-electron chi connectivity index (χ3n) is 4.32. The molecule has 0 aromatic heterocycles. The summed E-state index contributed by atoms with van der Waals surface area (Å²) in [6, 6.07) is 9.20. The highest BCUT2D eigenvalue weighted by Crippen LogP contribution is 2.30. The normalized spacial score (nSPS) is 28.8. The van der Waals surface area contributed by atoms with Gasteiger partial charge in [0.05, 0.1) is 5.60 Å². The first-order valence-electron chi connectivity index (χ1n) is 7.22. The van der Waals surface area contributed by atoms with E-state index in [0.717, 1.165) is 19.4 Å². The van der Waals surface area contributed by atoms with Crippen molar-refractivity contribution in [2.75, 3.05) is 13.6 Å². The van der Waals surface area contributed by atoms with E-state index in [4.69, 9.17) is 0 Å². The summed E-state index contributed by atoms with van der Waals surface area (Å²) in [4.78, 5) is 2.24. The van der Waals surface area contributed by atoms with Gasteiger partial charge in [-0.2, -0.15) is 0 Å². The van der Waals surface area contributed by atoms with E-state index in [1.807, 2.05) is 0 Å². The summed E-state index contributed by atoms with van der Waals surface area (Å²) >= 11 is 0. The van der Waals surface area contributed by atoms with Gasteiger partial charge < -0.3 is 10.0 Å². The Morgan fingerprint density at radius 3 is 2.26 bits per heavy atom. The lowest BCUT2D eigenvalue weighted by atomic mass is 9.85. The SMILES string of the molecule is CC1CC(O)(Cc2ccc(C(C)(C)C)cc2)CN1C. The Kier molecular flexibility index (Phi) is 3.76. The van der Waals surface area contributed by atoms with Crippen molar-refractivity contribution in [2.24, 2.45) is 0 Å². The van der Waals surface area contributed by atoms with Crippen LogP contribution in [0.5, 0.6) is 0 Å². The first-order valence-corrected chi connectivity index (χ1v) is 7.22. The minimum Gasteiger partial charge on any atom is -0.388 e. The molecule has 0 spiro atoms. The van der Waals surface area contributed by atoms with Gasteiger partial charge in [0.25, 0.3) is 0 Å². The van der Waals surface area contributed by atoms with Crippen molar-refractivity contribution in [3.63, 3.8) is 0 Å². The molecule has 1 aliphatic heterocycles. The average molecular weight is 261 g/mol. The molecule has 2 unspecified atom stereocenters. The standard InChI is InChI=1S/C17H27NO/c1-13-10-17(19,12-18(13)5)11-14-6-8-15(9-7-14)16(2,3)4/h6-9,13,19H,10-12H2,1-5H3. The Labute approximate surface area is 117 Å². The van der Waals surface area contributed by atoms with Crippen LogP contribution >= 0.6 is 0 Å². The van der Waals surface area contributed by atoms with E-state index in [-0.39, 0.29) is 5.41 Å². The van der Waals surface area contributed by atoms with Crippen molar-refractivity contribution in [3.8, 4) is 0 Å². The van der Waals surface area contributed by atoms with Gasteiger partial charge in [-0.05, 0) is 36.9 Å². The number of β-amino-alcohol motifs (C(OH)–C–C–N with tert-alkyl or cyclic N) is 1. The zero-order valence-corrected chi connectivity index (χ0v) is 12.9. The number of benzene rings is 1. The molecule has 1 N–H and O–H groups in total. The average Bonchev–Trinajstić information content (AvgIpc) is 2.51. The fraction of sp³-hybridized carbons (Fsp3) is 0.647. The number of nitrogens with zero attached hydrogens (tertiary/aromatic N) is 1. The second-order valence-electron chi connectivity index (χ2n) is 7.32. The van der Waals surface area contributed by atoms with E-state index in [1.165, 1.54) is 11.1 Å². The predicted octanol–water partition coefficient (Wildman–Crippen LogP) is 2.98. The predicted molar refractivity (Wildman–Crippen MR) is 80.5 cm³/mol. The lowest BCUT2D eigenvalue weighted by molar-refractivity contribution is 0.0520. The molecular weight excluding hydrogens is 234 g/mol. The van der Waals surface area contributed by atoms with Crippen molar-refractivity contribution < 1.29 is 5.11 Å². The van der Waals surface area contributed by atoms with Crippen LogP contribution in [0.25, 0.3) is 0 Å². The lowest BCUT2D eigenvalue weighted by Gasteiger charge is -2.23. The Bertz CT molecular complexity index is 420. The molecule has 19 heavy (non-hydrogen) atoms. The zero-order chi connectivity index (χ0) is 14.3. The van der Waals surface area contributed by atoms with E-state index in [9.17, 15) is 5.11 Å². The summed E-state index contributed by atoms with van der Waals surface area (Å²) in [5.74, 6) is 0. The minimum absolute atomic E-state index is 0.192. The fourth-order valence-corrected chi connectivity index (χ4v) is 3.02. The molecule has 106 valence electrons. The molecule has 1 aliphatic rings. The smallest absolute Gasteiger partial charge is 0.0828 e. The number of likely N-dealkylation sites (tertiary alicyclic amines) is 1. The van der Waals surface area contributed by atoms with Gasteiger partial charge in [-0.15, -0.1) is 0 Å². The van der Waals surface area contributed by atoms with Crippen LogP contribution in [0.4, 0.5) is 0 Å². The maximum atomic E-state index is 10.7. The van der Waals surface area contributed by atoms with Crippen LogP contribution in [0, 0.1) is 0 Å². The van der Waals surface area contributed by atoms with E-state index in [2.05, 4.69) is 63.9 Å². The number of hydrogen-bond acceptors (Lipinski definition) is 2. The van der Waals surface area contributed by atoms with Crippen LogP contribution in [0.2, 0.25) is 0 Å². The van der Waals surface area contributed by atoms with Crippen molar-refractivity contribution in [3.05, 3.63) is 35.4 Å². The van der Waals surface area contributed by atoms with E-state index in [1.54, 1.807) is 0 Å². The molecule has 0 aliphatic carbocycles. The van der Waals surface area contributed by atoms with Gasteiger partial charge >= 0.3 is 0 Å². The molecular formula is C17H27NO.